The Hall–Kier alpha value is -0.680. The number of piperazine rings is 1. The van der Waals surface area contributed by atoms with E-state index >= 15 is 0 Å². The van der Waals surface area contributed by atoms with E-state index < -0.39 is 0 Å². The molecule has 1 aliphatic rings. The summed E-state index contributed by atoms with van der Waals surface area (Å²) in [7, 11) is 4.28. The van der Waals surface area contributed by atoms with Crippen molar-refractivity contribution >= 4 is 11.6 Å². The minimum atomic E-state index is -0.370. The lowest BCUT2D eigenvalue weighted by atomic mass is 9.98. The van der Waals surface area contributed by atoms with Gasteiger partial charge in [-0.3, -0.25) is 0 Å². The van der Waals surface area contributed by atoms with E-state index in [0.29, 0.717) is 12.5 Å². The van der Waals surface area contributed by atoms with Crippen LogP contribution in [0, 0.1) is 5.82 Å². The van der Waals surface area contributed by atoms with Gasteiger partial charge in [-0.25, -0.2) is 4.39 Å². The van der Waals surface area contributed by atoms with E-state index in [4.69, 9.17) is 17.3 Å². The molecular formula is C15H23ClFN3. The van der Waals surface area contributed by atoms with Crippen LogP contribution in [-0.2, 0) is 6.42 Å². The Labute approximate surface area is 125 Å². The van der Waals surface area contributed by atoms with Crippen molar-refractivity contribution in [3.8, 4) is 0 Å². The molecule has 1 saturated heterocycles. The SMILES string of the molecule is CN1CCN(C)C(CC(N)Cc2ccc(Cl)c(F)c2)C1. The predicted octanol–water partition coefficient (Wildman–Crippen LogP) is 1.98. The molecule has 0 aliphatic carbocycles. The molecule has 1 heterocycles. The Morgan fingerprint density at radius 3 is 2.85 bits per heavy atom. The number of halogens is 2. The second-order valence-electron chi connectivity index (χ2n) is 5.85. The van der Waals surface area contributed by atoms with E-state index in [1.807, 2.05) is 6.07 Å². The van der Waals surface area contributed by atoms with Crippen molar-refractivity contribution in [2.24, 2.45) is 5.73 Å². The summed E-state index contributed by atoms with van der Waals surface area (Å²) in [4.78, 5) is 4.70. The normalized spacial score (nSPS) is 22.9. The fraction of sp³-hybridized carbons (Fsp3) is 0.600. The molecule has 3 nitrogen and oxygen atoms in total. The van der Waals surface area contributed by atoms with Crippen molar-refractivity contribution in [2.45, 2.75) is 24.9 Å². The quantitative estimate of drug-likeness (QED) is 0.923. The number of benzene rings is 1. The maximum atomic E-state index is 13.4. The molecule has 2 N–H and O–H groups in total. The van der Waals surface area contributed by atoms with E-state index in [0.717, 1.165) is 31.6 Å². The van der Waals surface area contributed by atoms with Crippen molar-refractivity contribution in [3.05, 3.63) is 34.6 Å². The zero-order valence-electron chi connectivity index (χ0n) is 12.1. The van der Waals surface area contributed by atoms with Crippen LogP contribution in [0.3, 0.4) is 0 Å². The lowest BCUT2D eigenvalue weighted by molar-refractivity contribution is 0.104. The van der Waals surface area contributed by atoms with Gasteiger partial charge >= 0.3 is 0 Å². The molecule has 0 amide bonds. The minimum Gasteiger partial charge on any atom is -0.327 e. The van der Waals surface area contributed by atoms with Crippen LogP contribution in [0.2, 0.25) is 5.02 Å². The van der Waals surface area contributed by atoms with Gasteiger partial charge < -0.3 is 15.5 Å². The summed E-state index contributed by atoms with van der Waals surface area (Å²) in [6.07, 6.45) is 1.60. The molecule has 0 aromatic heterocycles. The second-order valence-corrected chi connectivity index (χ2v) is 6.25. The summed E-state index contributed by atoms with van der Waals surface area (Å²) in [5.41, 5.74) is 7.14. The van der Waals surface area contributed by atoms with E-state index in [-0.39, 0.29) is 16.9 Å². The highest BCUT2D eigenvalue weighted by molar-refractivity contribution is 6.30. The van der Waals surface area contributed by atoms with E-state index in [9.17, 15) is 4.39 Å². The standard InChI is InChI=1S/C15H23ClFN3/c1-19-5-6-20(2)13(10-19)9-12(18)7-11-3-4-14(16)15(17)8-11/h3-4,8,12-13H,5-7,9-10,18H2,1-2H3. The molecule has 0 radical (unpaired) electrons. The first kappa shape index (κ1) is 15.7. The molecular weight excluding hydrogens is 277 g/mol. The molecule has 0 saturated carbocycles. The zero-order valence-corrected chi connectivity index (χ0v) is 12.9. The van der Waals surface area contributed by atoms with Crippen LogP contribution < -0.4 is 5.73 Å². The molecule has 20 heavy (non-hydrogen) atoms. The maximum absolute atomic E-state index is 13.4. The topological polar surface area (TPSA) is 32.5 Å². The van der Waals surface area contributed by atoms with Crippen molar-refractivity contribution < 1.29 is 4.39 Å². The van der Waals surface area contributed by atoms with Crippen LogP contribution in [-0.4, -0.2) is 55.6 Å². The smallest absolute Gasteiger partial charge is 0.142 e. The zero-order chi connectivity index (χ0) is 14.7. The van der Waals surface area contributed by atoms with Gasteiger partial charge in [0.15, 0.2) is 0 Å². The lowest BCUT2D eigenvalue weighted by Crippen LogP contribution is -2.51. The average molecular weight is 300 g/mol. The Bertz CT molecular complexity index is 455. The molecule has 0 bridgehead atoms. The molecule has 1 aromatic carbocycles. The molecule has 2 unspecified atom stereocenters. The van der Waals surface area contributed by atoms with Crippen LogP contribution in [0.5, 0.6) is 0 Å². The molecule has 2 rings (SSSR count). The molecule has 0 spiro atoms. The molecule has 1 aliphatic heterocycles. The maximum Gasteiger partial charge on any atom is 0.142 e. The van der Waals surface area contributed by atoms with Crippen LogP contribution >= 0.6 is 11.6 Å². The third kappa shape index (κ3) is 4.16. The Morgan fingerprint density at radius 1 is 1.40 bits per heavy atom. The second kappa shape index (κ2) is 6.85. The van der Waals surface area contributed by atoms with E-state index in [1.54, 1.807) is 6.07 Å². The van der Waals surface area contributed by atoms with Gasteiger partial charge in [0.25, 0.3) is 0 Å². The van der Waals surface area contributed by atoms with Crippen LogP contribution in [0.25, 0.3) is 0 Å². The third-order valence-electron chi connectivity index (χ3n) is 4.04. The fourth-order valence-corrected chi connectivity index (χ4v) is 2.88. The van der Waals surface area contributed by atoms with Crippen LogP contribution in [0.15, 0.2) is 18.2 Å². The van der Waals surface area contributed by atoms with Crippen molar-refractivity contribution in [2.75, 3.05) is 33.7 Å². The van der Waals surface area contributed by atoms with E-state index in [2.05, 4.69) is 23.9 Å². The summed E-state index contributed by atoms with van der Waals surface area (Å²) in [6.45, 7) is 3.22. The van der Waals surface area contributed by atoms with Gasteiger partial charge in [-0.15, -0.1) is 0 Å². The summed E-state index contributed by atoms with van der Waals surface area (Å²) in [5.74, 6) is -0.370. The lowest BCUT2D eigenvalue weighted by Gasteiger charge is -2.38. The van der Waals surface area contributed by atoms with Gasteiger partial charge in [0, 0.05) is 31.7 Å². The van der Waals surface area contributed by atoms with Gasteiger partial charge in [0.05, 0.1) is 5.02 Å². The van der Waals surface area contributed by atoms with Crippen molar-refractivity contribution in [1.82, 2.24) is 9.80 Å². The highest BCUT2D eigenvalue weighted by atomic mass is 35.5. The number of hydrogen-bond donors (Lipinski definition) is 1. The third-order valence-corrected chi connectivity index (χ3v) is 4.34. The molecule has 1 fully saturated rings. The molecule has 1 aromatic rings. The Morgan fingerprint density at radius 2 is 2.15 bits per heavy atom. The number of hydrogen-bond acceptors (Lipinski definition) is 3. The largest absolute Gasteiger partial charge is 0.327 e. The van der Waals surface area contributed by atoms with Crippen LogP contribution in [0.1, 0.15) is 12.0 Å². The van der Waals surface area contributed by atoms with Crippen molar-refractivity contribution in [1.29, 1.82) is 0 Å². The fourth-order valence-electron chi connectivity index (χ4n) is 2.76. The first-order valence-electron chi connectivity index (χ1n) is 7.04. The predicted molar refractivity (Wildman–Crippen MR) is 81.6 cm³/mol. The van der Waals surface area contributed by atoms with Gasteiger partial charge in [0.1, 0.15) is 5.82 Å². The summed E-state index contributed by atoms with van der Waals surface area (Å²) < 4.78 is 13.4. The minimum absolute atomic E-state index is 0.0366. The summed E-state index contributed by atoms with van der Waals surface area (Å²) in [6, 6.07) is 5.44. The molecule has 5 heteroatoms. The average Bonchev–Trinajstić information content (AvgIpc) is 2.38. The number of nitrogens with zero attached hydrogens (tertiary/aromatic N) is 2. The van der Waals surface area contributed by atoms with E-state index in [1.165, 1.54) is 6.07 Å². The van der Waals surface area contributed by atoms with Gasteiger partial charge in [0.2, 0.25) is 0 Å². The van der Waals surface area contributed by atoms with Gasteiger partial charge in [-0.05, 0) is 44.6 Å². The summed E-state index contributed by atoms with van der Waals surface area (Å²) >= 11 is 5.69. The van der Waals surface area contributed by atoms with Gasteiger partial charge in [-0.1, -0.05) is 17.7 Å². The highest BCUT2D eigenvalue weighted by Gasteiger charge is 2.24. The van der Waals surface area contributed by atoms with Crippen molar-refractivity contribution in [3.63, 3.8) is 0 Å². The monoisotopic (exact) mass is 299 g/mol. The first-order valence-corrected chi connectivity index (χ1v) is 7.42. The number of nitrogens with two attached hydrogens (primary N) is 1. The molecule has 112 valence electrons. The first-order chi connectivity index (χ1) is 9.45. The highest BCUT2D eigenvalue weighted by Crippen LogP contribution is 2.18. The Balaban J connectivity index is 1.91. The summed E-state index contributed by atoms with van der Waals surface area (Å²) in [5, 5.41) is 0.163. The number of rotatable bonds is 4. The Kier molecular flexibility index (Phi) is 5.38. The van der Waals surface area contributed by atoms with Gasteiger partial charge in [-0.2, -0.15) is 0 Å². The number of likely N-dealkylation sites (N-methyl/N-ethyl adjacent to an activating group) is 2. The van der Waals surface area contributed by atoms with Crippen LogP contribution in [0.4, 0.5) is 4.39 Å². The molecule has 2 atom stereocenters.